The molecule has 1 aromatic carbocycles. The van der Waals surface area contributed by atoms with Gasteiger partial charge in [0.05, 0.1) is 7.11 Å². The van der Waals surface area contributed by atoms with E-state index in [1.54, 1.807) is 18.1 Å². The molecule has 1 saturated heterocycles. The van der Waals surface area contributed by atoms with Gasteiger partial charge in [0, 0.05) is 44.2 Å². The van der Waals surface area contributed by atoms with E-state index in [-0.39, 0.29) is 29.8 Å². The Morgan fingerprint density at radius 1 is 1.21 bits per heavy atom. The number of amides is 2. The second-order valence-corrected chi connectivity index (χ2v) is 8.96. The second-order valence-electron chi connectivity index (χ2n) is 8.96. The predicted octanol–water partition coefficient (Wildman–Crippen LogP) is 3.44. The summed E-state index contributed by atoms with van der Waals surface area (Å²) in [6, 6.07) is 9.04. The van der Waals surface area contributed by atoms with Crippen molar-refractivity contribution in [1.82, 2.24) is 20.3 Å². The van der Waals surface area contributed by atoms with Crippen molar-refractivity contribution in [2.45, 2.75) is 39.5 Å². The molecular formula is C25H36N4O4. The summed E-state index contributed by atoms with van der Waals surface area (Å²) in [6.45, 7) is 8.72. The van der Waals surface area contributed by atoms with E-state index in [1.807, 2.05) is 38.1 Å². The highest BCUT2D eigenvalue weighted by Crippen LogP contribution is 2.25. The van der Waals surface area contributed by atoms with Crippen LogP contribution in [0.25, 0.3) is 11.3 Å². The van der Waals surface area contributed by atoms with Crippen molar-refractivity contribution in [1.29, 1.82) is 0 Å². The van der Waals surface area contributed by atoms with Crippen molar-refractivity contribution in [3.8, 4) is 17.1 Å². The van der Waals surface area contributed by atoms with Gasteiger partial charge in [-0.05, 0) is 44.0 Å². The zero-order chi connectivity index (χ0) is 23.6. The summed E-state index contributed by atoms with van der Waals surface area (Å²) in [5.74, 6) is 1.19. The average Bonchev–Trinajstić information content (AvgIpc) is 3.32. The van der Waals surface area contributed by atoms with Gasteiger partial charge >= 0.3 is 0 Å². The van der Waals surface area contributed by atoms with E-state index in [1.165, 1.54) is 19.3 Å². The number of ether oxygens (including phenoxy) is 1. The fraction of sp³-hybridized carbons (Fsp3) is 0.560. The van der Waals surface area contributed by atoms with Crippen LogP contribution in [0.5, 0.6) is 5.75 Å². The van der Waals surface area contributed by atoms with Crippen LogP contribution in [-0.2, 0) is 4.79 Å². The van der Waals surface area contributed by atoms with Crippen molar-refractivity contribution in [2.24, 2.45) is 5.92 Å². The van der Waals surface area contributed by atoms with Gasteiger partial charge in [-0.2, -0.15) is 0 Å². The number of rotatable bonds is 11. The first kappa shape index (κ1) is 24.8. The van der Waals surface area contributed by atoms with Gasteiger partial charge < -0.3 is 24.4 Å². The van der Waals surface area contributed by atoms with Crippen LogP contribution >= 0.6 is 0 Å². The summed E-state index contributed by atoms with van der Waals surface area (Å²) in [6.07, 6.45) is 4.04. The molecule has 0 bridgehead atoms. The third-order valence-electron chi connectivity index (χ3n) is 5.76. The lowest BCUT2D eigenvalue weighted by Crippen LogP contribution is -2.40. The zero-order valence-electron chi connectivity index (χ0n) is 20.0. The number of nitrogens with one attached hydrogen (secondary N) is 1. The van der Waals surface area contributed by atoms with Crippen LogP contribution in [0, 0.1) is 5.92 Å². The molecule has 0 atom stereocenters. The molecule has 0 unspecified atom stereocenters. The SMILES string of the molecule is COc1cccc(-c2cc(C(=O)N(CCC(=O)NCCN3CCCCC3)CC(C)C)no2)c1. The Kier molecular flexibility index (Phi) is 9.30. The number of aromatic nitrogens is 1. The number of methoxy groups -OCH3 is 1. The normalized spacial score (nSPS) is 14.3. The lowest BCUT2D eigenvalue weighted by atomic mass is 10.1. The van der Waals surface area contributed by atoms with Gasteiger partial charge in [0.25, 0.3) is 5.91 Å². The van der Waals surface area contributed by atoms with Gasteiger partial charge in [-0.3, -0.25) is 9.59 Å². The van der Waals surface area contributed by atoms with Crippen molar-refractivity contribution >= 4 is 11.8 Å². The third kappa shape index (κ3) is 7.60. The molecule has 2 heterocycles. The summed E-state index contributed by atoms with van der Waals surface area (Å²) in [7, 11) is 1.60. The van der Waals surface area contributed by atoms with E-state index in [4.69, 9.17) is 9.26 Å². The molecule has 1 aliphatic rings. The molecule has 33 heavy (non-hydrogen) atoms. The Labute approximate surface area is 196 Å². The first-order valence-corrected chi connectivity index (χ1v) is 11.9. The molecule has 1 fully saturated rings. The highest BCUT2D eigenvalue weighted by atomic mass is 16.5. The van der Waals surface area contributed by atoms with Crippen LogP contribution in [0.1, 0.15) is 50.0 Å². The molecule has 1 N–H and O–H groups in total. The van der Waals surface area contributed by atoms with E-state index < -0.39 is 0 Å². The molecule has 2 aromatic rings. The van der Waals surface area contributed by atoms with E-state index in [0.29, 0.717) is 31.1 Å². The van der Waals surface area contributed by atoms with Gasteiger partial charge in [0.15, 0.2) is 11.5 Å². The first-order chi connectivity index (χ1) is 16.0. The maximum absolute atomic E-state index is 13.1. The van der Waals surface area contributed by atoms with Crippen LogP contribution in [0.2, 0.25) is 0 Å². The summed E-state index contributed by atoms with van der Waals surface area (Å²) in [5, 5.41) is 6.98. The predicted molar refractivity (Wildman–Crippen MR) is 127 cm³/mol. The number of hydrogen-bond donors (Lipinski definition) is 1. The standard InChI is InChI=1S/C25H36N4O4/c1-19(2)18-29(14-10-24(30)26-11-15-28-12-5-4-6-13-28)25(31)22-17-23(33-27-22)20-8-7-9-21(16-20)32-3/h7-9,16-17,19H,4-6,10-15,18H2,1-3H3,(H,26,30). The molecular weight excluding hydrogens is 420 g/mol. The van der Waals surface area contributed by atoms with Crippen LogP contribution in [0.4, 0.5) is 0 Å². The van der Waals surface area contributed by atoms with Gasteiger partial charge in [0.1, 0.15) is 5.75 Å². The maximum atomic E-state index is 13.1. The van der Waals surface area contributed by atoms with Crippen LogP contribution in [0.3, 0.4) is 0 Å². The molecule has 1 aromatic heterocycles. The lowest BCUT2D eigenvalue weighted by molar-refractivity contribution is -0.121. The van der Waals surface area contributed by atoms with Crippen LogP contribution in [-0.4, -0.2) is 73.1 Å². The largest absolute Gasteiger partial charge is 0.497 e. The van der Waals surface area contributed by atoms with Gasteiger partial charge in [-0.15, -0.1) is 0 Å². The molecule has 2 amide bonds. The zero-order valence-corrected chi connectivity index (χ0v) is 20.0. The number of benzene rings is 1. The molecule has 0 aliphatic carbocycles. The number of carbonyl (C=O) groups excluding carboxylic acids is 2. The van der Waals surface area contributed by atoms with E-state index in [9.17, 15) is 9.59 Å². The second kappa shape index (κ2) is 12.4. The Morgan fingerprint density at radius 2 is 2.00 bits per heavy atom. The Balaban J connectivity index is 1.55. The monoisotopic (exact) mass is 456 g/mol. The number of nitrogens with zero attached hydrogens (tertiary/aromatic N) is 3. The van der Waals surface area contributed by atoms with Crippen LogP contribution in [0.15, 0.2) is 34.9 Å². The van der Waals surface area contributed by atoms with E-state index in [0.717, 1.165) is 25.2 Å². The molecule has 8 heteroatoms. The number of carbonyl (C=O) groups is 2. The van der Waals surface area contributed by atoms with Gasteiger partial charge in [-0.25, -0.2) is 0 Å². The fourth-order valence-electron chi connectivity index (χ4n) is 4.03. The minimum Gasteiger partial charge on any atom is -0.497 e. The Hall–Kier alpha value is -2.87. The first-order valence-electron chi connectivity index (χ1n) is 11.9. The average molecular weight is 457 g/mol. The van der Waals surface area contributed by atoms with Crippen LogP contribution < -0.4 is 10.1 Å². The molecule has 3 rings (SSSR count). The highest BCUT2D eigenvalue weighted by molar-refractivity contribution is 5.93. The summed E-state index contributed by atoms with van der Waals surface area (Å²) >= 11 is 0. The fourth-order valence-corrected chi connectivity index (χ4v) is 4.03. The third-order valence-corrected chi connectivity index (χ3v) is 5.76. The Bertz CT molecular complexity index is 905. The number of likely N-dealkylation sites (tertiary alicyclic amines) is 1. The highest BCUT2D eigenvalue weighted by Gasteiger charge is 2.22. The molecule has 1 aliphatic heterocycles. The molecule has 180 valence electrons. The summed E-state index contributed by atoms with van der Waals surface area (Å²) in [4.78, 5) is 29.6. The van der Waals surface area contributed by atoms with E-state index >= 15 is 0 Å². The molecule has 8 nitrogen and oxygen atoms in total. The molecule has 0 radical (unpaired) electrons. The van der Waals surface area contributed by atoms with Crippen molar-refractivity contribution in [3.05, 3.63) is 36.0 Å². The van der Waals surface area contributed by atoms with Crippen molar-refractivity contribution < 1.29 is 18.8 Å². The lowest BCUT2D eigenvalue weighted by Gasteiger charge is -2.26. The summed E-state index contributed by atoms with van der Waals surface area (Å²) in [5.41, 5.74) is 1.02. The van der Waals surface area contributed by atoms with E-state index in [2.05, 4.69) is 15.4 Å². The minimum atomic E-state index is -0.234. The van der Waals surface area contributed by atoms with Crippen molar-refractivity contribution in [3.63, 3.8) is 0 Å². The minimum absolute atomic E-state index is 0.0363. The maximum Gasteiger partial charge on any atom is 0.276 e. The van der Waals surface area contributed by atoms with Gasteiger partial charge in [-0.1, -0.05) is 37.6 Å². The van der Waals surface area contributed by atoms with Gasteiger partial charge in [0.2, 0.25) is 5.91 Å². The van der Waals surface area contributed by atoms with Crippen molar-refractivity contribution in [2.75, 3.05) is 46.4 Å². The smallest absolute Gasteiger partial charge is 0.276 e. The molecule has 0 saturated carbocycles. The molecule has 0 spiro atoms. The summed E-state index contributed by atoms with van der Waals surface area (Å²) < 4.78 is 10.7. The number of hydrogen-bond acceptors (Lipinski definition) is 6. The number of piperidine rings is 1. The topological polar surface area (TPSA) is 87.9 Å². The quantitative estimate of drug-likeness (QED) is 0.557. The Morgan fingerprint density at radius 3 is 2.73 bits per heavy atom.